The van der Waals surface area contributed by atoms with Crippen LogP contribution >= 0.6 is 0 Å². The lowest BCUT2D eigenvalue weighted by Crippen LogP contribution is -2.74. The molecule has 2 aliphatic heterocycles. The first-order valence-corrected chi connectivity index (χ1v) is 13.4. The largest absolute Gasteiger partial charge is 0.504 e. The first-order valence-electron chi connectivity index (χ1n) is 13.4. The summed E-state index contributed by atoms with van der Waals surface area (Å²) in [6, 6.07) is 16.5. The normalized spacial score (nSPS) is 31.8. The van der Waals surface area contributed by atoms with E-state index in [1.54, 1.807) is 6.07 Å². The predicted octanol–water partition coefficient (Wildman–Crippen LogP) is 4.60. The van der Waals surface area contributed by atoms with E-state index in [4.69, 9.17) is 4.74 Å². The summed E-state index contributed by atoms with van der Waals surface area (Å²) in [5.41, 5.74) is 5.44. The van der Waals surface area contributed by atoms with Crippen molar-refractivity contribution in [3.63, 3.8) is 0 Å². The topological polar surface area (TPSA) is 57.9 Å². The molecule has 2 N–H and O–H groups in total. The molecule has 36 heavy (non-hydrogen) atoms. The quantitative estimate of drug-likeness (QED) is 0.573. The predicted molar refractivity (Wildman–Crippen MR) is 139 cm³/mol. The molecule has 8 rings (SSSR count). The SMILES string of the molecule is Cn1c(/C=C/c2ccccc2)cc2c1[C@@H]1Oc3c(O)ccc4c3[C@@]13CCN(CC1CC1)[C@H](C4)[C@]3(O)C2. The van der Waals surface area contributed by atoms with Gasteiger partial charge in [-0.1, -0.05) is 42.5 Å². The van der Waals surface area contributed by atoms with Gasteiger partial charge in [-0.05, 0) is 73.0 Å². The van der Waals surface area contributed by atoms with Crippen molar-refractivity contribution in [1.29, 1.82) is 0 Å². The lowest BCUT2D eigenvalue weighted by Gasteiger charge is -2.62. The molecule has 5 nitrogen and oxygen atoms in total. The van der Waals surface area contributed by atoms with Crippen molar-refractivity contribution in [3.05, 3.63) is 82.2 Å². The number of fused-ring (bicyclic) bond motifs is 2. The van der Waals surface area contributed by atoms with Crippen LogP contribution in [-0.2, 0) is 25.3 Å². The number of hydrogen-bond donors (Lipinski definition) is 2. The third-order valence-corrected chi connectivity index (χ3v) is 9.87. The van der Waals surface area contributed by atoms with E-state index in [0.717, 1.165) is 54.4 Å². The van der Waals surface area contributed by atoms with Crippen molar-refractivity contribution in [1.82, 2.24) is 9.47 Å². The maximum atomic E-state index is 12.8. The van der Waals surface area contributed by atoms with Crippen LogP contribution in [0.3, 0.4) is 0 Å². The van der Waals surface area contributed by atoms with Gasteiger partial charge in [0.1, 0.15) is 0 Å². The minimum atomic E-state index is -0.925. The summed E-state index contributed by atoms with van der Waals surface area (Å²) in [5.74, 6) is 1.57. The minimum absolute atomic E-state index is 0.0672. The van der Waals surface area contributed by atoms with Crippen molar-refractivity contribution >= 4 is 12.2 Å². The third kappa shape index (κ3) is 2.58. The smallest absolute Gasteiger partial charge is 0.166 e. The average molecular weight is 481 g/mol. The monoisotopic (exact) mass is 480 g/mol. The Morgan fingerprint density at radius 1 is 1.08 bits per heavy atom. The van der Waals surface area contributed by atoms with Crippen LogP contribution in [0.5, 0.6) is 11.5 Å². The summed E-state index contributed by atoms with van der Waals surface area (Å²) < 4.78 is 8.96. The van der Waals surface area contributed by atoms with E-state index in [1.165, 1.54) is 24.0 Å². The highest BCUT2D eigenvalue weighted by Gasteiger charge is 2.72. The summed E-state index contributed by atoms with van der Waals surface area (Å²) in [5, 5.41) is 23.7. The van der Waals surface area contributed by atoms with Crippen molar-refractivity contribution < 1.29 is 14.9 Å². The van der Waals surface area contributed by atoms with Gasteiger partial charge in [-0.2, -0.15) is 0 Å². The molecule has 1 saturated carbocycles. The Labute approximate surface area is 211 Å². The molecule has 5 aliphatic rings. The van der Waals surface area contributed by atoms with Gasteiger partial charge in [0.05, 0.1) is 16.7 Å². The molecular weight excluding hydrogens is 448 g/mol. The molecule has 3 aromatic rings. The molecule has 3 aliphatic carbocycles. The fraction of sp³-hybridized carbons (Fsp3) is 0.419. The number of ether oxygens (including phenoxy) is 1. The summed E-state index contributed by atoms with van der Waals surface area (Å²) in [6.45, 7) is 2.06. The fourth-order valence-electron chi connectivity index (χ4n) is 8.04. The van der Waals surface area contributed by atoms with E-state index in [-0.39, 0.29) is 17.9 Å². The van der Waals surface area contributed by atoms with Crippen LogP contribution in [0.25, 0.3) is 12.2 Å². The summed E-state index contributed by atoms with van der Waals surface area (Å²) in [7, 11) is 2.11. The Morgan fingerprint density at radius 3 is 2.72 bits per heavy atom. The second kappa shape index (κ2) is 7.05. The molecule has 1 saturated heterocycles. The first-order chi connectivity index (χ1) is 17.5. The highest BCUT2D eigenvalue weighted by atomic mass is 16.5. The number of phenolic OH excluding ortho intramolecular Hbond substituents is 1. The number of piperidine rings is 1. The standard InChI is InChI=1S/C31H32N2O3/c1-32-23(11-9-19-5-3-2-4-6-19)15-22-17-31(35)25-16-21-10-12-24(34)28-26(21)30(31,29(36-28)27(22)32)13-14-33(25)18-20-7-8-20/h2-6,9-12,15,20,25,29,34-35H,7-8,13-14,16-18H2,1H3/b11-9+/t25-,29+,30+,31-/m1/s1. The van der Waals surface area contributed by atoms with Gasteiger partial charge in [0, 0.05) is 37.3 Å². The molecule has 4 atom stereocenters. The summed E-state index contributed by atoms with van der Waals surface area (Å²) >= 11 is 0. The molecule has 2 fully saturated rings. The van der Waals surface area contributed by atoms with Crippen molar-refractivity contribution in [2.45, 2.75) is 55.3 Å². The van der Waals surface area contributed by atoms with Gasteiger partial charge in [0.2, 0.25) is 0 Å². The molecule has 0 radical (unpaired) electrons. The Hall–Kier alpha value is -3.02. The van der Waals surface area contributed by atoms with Gasteiger partial charge in [-0.25, -0.2) is 0 Å². The van der Waals surface area contributed by atoms with Crippen LogP contribution in [0.4, 0.5) is 0 Å². The first kappa shape index (κ1) is 21.1. The highest BCUT2D eigenvalue weighted by Crippen LogP contribution is 2.68. The zero-order valence-corrected chi connectivity index (χ0v) is 20.7. The second-order valence-electron chi connectivity index (χ2n) is 11.7. The van der Waals surface area contributed by atoms with Crippen LogP contribution in [0.2, 0.25) is 0 Å². The number of rotatable bonds is 4. The van der Waals surface area contributed by atoms with Gasteiger partial charge < -0.3 is 19.5 Å². The maximum Gasteiger partial charge on any atom is 0.166 e. The van der Waals surface area contributed by atoms with Crippen molar-refractivity contribution in [2.75, 3.05) is 13.1 Å². The van der Waals surface area contributed by atoms with Crippen molar-refractivity contribution in [2.24, 2.45) is 13.0 Å². The fourth-order valence-corrected chi connectivity index (χ4v) is 8.04. The number of aliphatic hydroxyl groups is 1. The number of likely N-dealkylation sites (tertiary alicyclic amines) is 1. The maximum absolute atomic E-state index is 12.8. The zero-order chi connectivity index (χ0) is 24.2. The molecule has 5 heteroatoms. The molecular formula is C31H32N2O3. The van der Waals surface area contributed by atoms with E-state index >= 15 is 0 Å². The summed E-state index contributed by atoms with van der Waals surface area (Å²) in [4.78, 5) is 2.58. The number of phenols is 1. The lowest BCUT2D eigenvalue weighted by atomic mass is 9.49. The number of nitrogens with zero attached hydrogens (tertiary/aromatic N) is 2. The lowest BCUT2D eigenvalue weighted by molar-refractivity contribution is -0.173. The molecule has 3 heterocycles. The van der Waals surface area contributed by atoms with Crippen LogP contribution in [0, 0.1) is 5.92 Å². The van der Waals surface area contributed by atoms with Crippen LogP contribution in [-0.4, -0.2) is 44.4 Å². The van der Waals surface area contributed by atoms with Gasteiger partial charge >= 0.3 is 0 Å². The van der Waals surface area contributed by atoms with Gasteiger partial charge in [0.25, 0.3) is 0 Å². The Morgan fingerprint density at radius 2 is 1.92 bits per heavy atom. The third-order valence-electron chi connectivity index (χ3n) is 9.87. The number of aromatic nitrogens is 1. The molecule has 184 valence electrons. The minimum Gasteiger partial charge on any atom is -0.504 e. The second-order valence-corrected chi connectivity index (χ2v) is 11.7. The Kier molecular flexibility index (Phi) is 4.13. The molecule has 0 amide bonds. The van der Waals surface area contributed by atoms with Gasteiger partial charge in [-0.3, -0.25) is 4.90 Å². The van der Waals surface area contributed by atoms with E-state index < -0.39 is 11.0 Å². The molecule has 0 unspecified atom stereocenters. The van der Waals surface area contributed by atoms with Gasteiger partial charge in [0.15, 0.2) is 17.6 Å². The van der Waals surface area contributed by atoms with E-state index in [1.807, 2.05) is 6.07 Å². The van der Waals surface area contributed by atoms with Gasteiger partial charge in [-0.15, -0.1) is 0 Å². The molecule has 1 spiro atoms. The van der Waals surface area contributed by atoms with E-state index in [0.29, 0.717) is 12.2 Å². The molecule has 2 bridgehead atoms. The van der Waals surface area contributed by atoms with Crippen LogP contribution in [0.15, 0.2) is 48.5 Å². The van der Waals surface area contributed by atoms with Crippen molar-refractivity contribution in [3.8, 4) is 11.5 Å². The van der Waals surface area contributed by atoms with E-state index in [2.05, 4.69) is 65.1 Å². The molecule has 2 aromatic carbocycles. The molecule has 1 aromatic heterocycles. The number of benzene rings is 2. The Balaban J connectivity index is 1.30. The zero-order valence-electron chi connectivity index (χ0n) is 20.7. The average Bonchev–Trinajstić information content (AvgIpc) is 3.54. The van der Waals surface area contributed by atoms with E-state index in [9.17, 15) is 10.2 Å². The van der Waals surface area contributed by atoms with Crippen LogP contribution < -0.4 is 4.74 Å². The number of hydrogen-bond acceptors (Lipinski definition) is 4. The van der Waals surface area contributed by atoms with Crippen LogP contribution in [0.1, 0.15) is 59.0 Å². The summed E-state index contributed by atoms with van der Waals surface area (Å²) in [6.07, 6.45) is 8.91. The Bertz CT molecular complexity index is 1420. The number of aromatic hydroxyl groups is 1. The highest BCUT2D eigenvalue weighted by molar-refractivity contribution is 5.70.